The van der Waals surface area contributed by atoms with Crippen LogP contribution in [0.25, 0.3) is 0 Å². The second kappa shape index (κ2) is 7.26. The van der Waals surface area contributed by atoms with Gasteiger partial charge in [-0.1, -0.05) is 0 Å². The maximum absolute atomic E-state index is 11.8. The monoisotopic (exact) mass is 277 g/mol. The van der Waals surface area contributed by atoms with Crippen LogP contribution in [0.1, 0.15) is 19.8 Å². The van der Waals surface area contributed by atoms with Gasteiger partial charge in [0.25, 0.3) is 0 Å². The van der Waals surface area contributed by atoms with Crippen molar-refractivity contribution in [2.75, 3.05) is 37.4 Å². The number of rotatable bonds is 5. The summed E-state index contributed by atoms with van der Waals surface area (Å²) < 4.78 is 5.40. The first-order chi connectivity index (χ1) is 9.65. The number of hydrogen-bond donors (Lipinski definition) is 2. The Labute approximate surface area is 120 Å². The average molecular weight is 277 g/mol. The van der Waals surface area contributed by atoms with Gasteiger partial charge in [0.1, 0.15) is 0 Å². The van der Waals surface area contributed by atoms with Crippen molar-refractivity contribution >= 4 is 17.3 Å². The molecule has 0 aromatic heterocycles. The molecule has 0 saturated carbocycles. The van der Waals surface area contributed by atoms with Crippen molar-refractivity contribution in [3.63, 3.8) is 0 Å². The van der Waals surface area contributed by atoms with E-state index in [0.29, 0.717) is 18.2 Å². The molecule has 1 fully saturated rings. The summed E-state index contributed by atoms with van der Waals surface area (Å²) in [5, 5.41) is 2.88. The van der Waals surface area contributed by atoms with Crippen molar-refractivity contribution in [2.24, 2.45) is 0 Å². The fourth-order valence-electron chi connectivity index (χ4n) is 2.33. The van der Waals surface area contributed by atoms with E-state index in [9.17, 15) is 4.79 Å². The predicted octanol–water partition coefficient (Wildman–Crippen LogP) is 1.71. The maximum atomic E-state index is 11.8. The summed E-state index contributed by atoms with van der Waals surface area (Å²) in [4.78, 5) is 14.2. The predicted molar refractivity (Wildman–Crippen MR) is 80.6 cm³/mol. The third-order valence-electron chi connectivity index (χ3n) is 3.55. The largest absolute Gasteiger partial charge is 0.399 e. The fraction of sp³-hybridized carbons (Fsp3) is 0.533. The number of anilines is 2. The van der Waals surface area contributed by atoms with Crippen molar-refractivity contribution in [3.8, 4) is 0 Å². The minimum absolute atomic E-state index is 0.0516. The van der Waals surface area contributed by atoms with E-state index in [1.807, 2.05) is 12.1 Å². The zero-order valence-electron chi connectivity index (χ0n) is 12.0. The number of benzene rings is 1. The van der Waals surface area contributed by atoms with E-state index in [1.54, 1.807) is 12.1 Å². The molecule has 0 spiro atoms. The highest BCUT2D eigenvalue weighted by molar-refractivity contribution is 5.90. The van der Waals surface area contributed by atoms with Crippen LogP contribution in [0.15, 0.2) is 24.3 Å². The Bertz CT molecular complexity index is 433. The molecule has 2 rings (SSSR count). The lowest BCUT2D eigenvalue weighted by atomic mass is 10.2. The normalized spacial score (nSPS) is 19.8. The van der Waals surface area contributed by atoms with E-state index in [0.717, 1.165) is 38.4 Å². The number of carbonyl (C=O) groups is 1. The van der Waals surface area contributed by atoms with E-state index in [1.165, 1.54) is 0 Å². The molecule has 5 heteroatoms. The average Bonchev–Trinajstić information content (AvgIpc) is 2.43. The Morgan fingerprint density at radius 3 is 2.90 bits per heavy atom. The van der Waals surface area contributed by atoms with Crippen molar-refractivity contribution in [1.82, 2.24) is 4.90 Å². The maximum Gasteiger partial charge on any atom is 0.224 e. The lowest BCUT2D eigenvalue weighted by Gasteiger charge is -2.33. The summed E-state index contributed by atoms with van der Waals surface area (Å²) in [6, 6.07) is 7.65. The Hall–Kier alpha value is -1.59. The van der Waals surface area contributed by atoms with Crippen molar-refractivity contribution in [3.05, 3.63) is 24.3 Å². The number of morpholine rings is 1. The first-order valence-corrected chi connectivity index (χ1v) is 7.12. The van der Waals surface area contributed by atoms with E-state index in [-0.39, 0.29) is 5.91 Å². The minimum atomic E-state index is 0.0516. The summed E-state index contributed by atoms with van der Waals surface area (Å²) in [6.07, 6.45) is 1.40. The van der Waals surface area contributed by atoms with Crippen LogP contribution >= 0.6 is 0 Å². The molecule has 0 aliphatic carbocycles. The zero-order chi connectivity index (χ0) is 14.4. The number of ether oxygens (including phenoxy) is 1. The summed E-state index contributed by atoms with van der Waals surface area (Å²) in [7, 11) is 0. The molecule has 5 nitrogen and oxygen atoms in total. The van der Waals surface area contributed by atoms with Crippen LogP contribution in [0.2, 0.25) is 0 Å². The molecule has 20 heavy (non-hydrogen) atoms. The molecule has 3 N–H and O–H groups in total. The zero-order valence-corrected chi connectivity index (χ0v) is 12.0. The van der Waals surface area contributed by atoms with Gasteiger partial charge in [-0.3, -0.25) is 9.69 Å². The number of amides is 1. The van der Waals surface area contributed by atoms with Crippen LogP contribution in [0.3, 0.4) is 0 Å². The van der Waals surface area contributed by atoms with Gasteiger partial charge in [0, 0.05) is 30.4 Å². The molecular formula is C15H23N3O2. The highest BCUT2D eigenvalue weighted by Crippen LogP contribution is 2.12. The molecule has 0 radical (unpaired) electrons. The van der Waals surface area contributed by atoms with Crippen LogP contribution in [-0.4, -0.2) is 43.2 Å². The van der Waals surface area contributed by atoms with Gasteiger partial charge in [-0.05, 0) is 44.2 Å². The highest BCUT2D eigenvalue weighted by Gasteiger charge is 2.18. The van der Waals surface area contributed by atoms with Crippen LogP contribution < -0.4 is 11.1 Å². The van der Waals surface area contributed by atoms with Gasteiger partial charge in [-0.25, -0.2) is 0 Å². The van der Waals surface area contributed by atoms with Crippen molar-refractivity contribution in [1.29, 1.82) is 0 Å². The van der Waals surface area contributed by atoms with Crippen molar-refractivity contribution < 1.29 is 9.53 Å². The van der Waals surface area contributed by atoms with Gasteiger partial charge in [0.2, 0.25) is 5.91 Å². The Morgan fingerprint density at radius 1 is 1.45 bits per heavy atom. The van der Waals surface area contributed by atoms with E-state index >= 15 is 0 Å². The van der Waals surface area contributed by atoms with Crippen LogP contribution in [0, 0.1) is 0 Å². The standard InChI is InChI=1S/C15H23N3O2/c1-12-11-20-10-9-18(12)8-2-3-15(19)17-14-6-4-13(16)5-7-14/h4-7,12H,2-3,8-11,16H2,1H3,(H,17,19). The van der Waals surface area contributed by atoms with Gasteiger partial charge in [-0.15, -0.1) is 0 Å². The molecule has 1 aromatic rings. The molecule has 110 valence electrons. The topological polar surface area (TPSA) is 67.6 Å². The molecule has 1 heterocycles. The third kappa shape index (κ3) is 4.51. The first-order valence-electron chi connectivity index (χ1n) is 7.12. The SMILES string of the molecule is CC1COCCN1CCCC(=O)Nc1ccc(N)cc1. The molecule has 1 amide bonds. The summed E-state index contributed by atoms with van der Waals surface area (Å²) in [5.41, 5.74) is 7.10. The smallest absolute Gasteiger partial charge is 0.224 e. The molecular weight excluding hydrogens is 254 g/mol. The van der Waals surface area contributed by atoms with E-state index < -0.39 is 0 Å². The molecule has 1 aliphatic heterocycles. The Morgan fingerprint density at radius 2 is 2.20 bits per heavy atom. The molecule has 1 atom stereocenters. The van der Waals surface area contributed by atoms with Crippen LogP contribution in [0.5, 0.6) is 0 Å². The third-order valence-corrected chi connectivity index (χ3v) is 3.55. The molecule has 1 aromatic carbocycles. The van der Waals surface area contributed by atoms with Gasteiger partial charge >= 0.3 is 0 Å². The number of nitrogen functional groups attached to an aromatic ring is 1. The number of nitrogens with two attached hydrogens (primary N) is 1. The van der Waals surface area contributed by atoms with E-state index in [2.05, 4.69) is 17.1 Å². The molecule has 1 unspecified atom stereocenters. The Kier molecular flexibility index (Phi) is 5.38. The number of nitrogens with zero attached hydrogens (tertiary/aromatic N) is 1. The quantitative estimate of drug-likeness (QED) is 0.804. The number of nitrogens with one attached hydrogen (secondary N) is 1. The second-order valence-corrected chi connectivity index (χ2v) is 5.23. The highest BCUT2D eigenvalue weighted by atomic mass is 16.5. The second-order valence-electron chi connectivity index (χ2n) is 5.23. The molecule has 0 bridgehead atoms. The van der Waals surface area contributed by atoms with E-state index in [4.69, 9.17) is 10.5 Å². The first kappa shape index (κ1) is 14.8. The van der Waals surface area contributed by atoms with Gasteiger partial charge in [-0.2, -0.15) is 0 Å². The summed E-state index contributed by atoms with van der Waals surface area (Å²) >= 11 is 0. The van der Waals surface area contributed by atoms with Crippen molar-refractivity contribution in [2.45, 2.75) is 25.8 Å². The van der Waals surface area contributed by atoms with Crippen LogP contribution in [-0.2, 0) is 9.53 Å². The summed E-state index contributed by atoms with van der Waals surface area (Å²) in [5.74, 6) is 0.0516. The number of carbonyl (C=O) groups excluding carboxylic acids is 1. The lowest BCUT2D eigenvalue weighted by Crippen LogP contribution is -2.44. The molecule has 1 aliphatic rings. The van der Waals surface area contributed by atoms with Crippen LogP contribution in [0.4, 0.5) is 11.4 Å². The summed E-state index contributed by atoms with van der Waals surface area (Å²) in [6.45, 7) is 5.65. The van der Waals surface area contributed by atoms with Gasteiger partial charge < -0.3 is 15.8 Å². The minimum Gasteiger partial charge on any atom is -0.399 e. The van der Waals surface area contributed by atoms with Gasteiger partial charge in [0.15, 0.2) is 0 Å². The van der Waals surface area contributed by atoms with Gasteiger partial charge in [0.05, 0.1) is 13.2 Å². The lowest BCUT2D eigenvalue weighted by molar-refractivity contribution is -0.116. The number of hydrogen-bond acceptors (Lipinski definition) is 4. The molecule has 1 saturated heterocycles. The Balaban J connectivity index is 1.68. The fourth-order valence-corrected chi connectivity index (χ4v) is 2.33.